The van der Waals surface area contributed by atoms with E-state index in [-0.39, 0.29) is 5.78 Å². The van der Waals surface area contributed by atoms with Gasteiger partial charge in [0.15, 0.2) is 5.78 Å². The molecule has 0 saturated carbocycles. The lowest BCUT2D eigenvalue weighted by Crippen LogP contribution is -2.10. The Labute approximate surface area is 131 Å². The molecular formula is C19H21NO2. The topological polar surface area (TPSA) is 38.7 Å². The van der Waals surface area contributed by atoms with Crippen molar-refractivity contribution in [2.45, 2.75) is 27.7 Å². The average Bonchev–Trinajstić information content (AvgIpc) is 2.44. The van der Waals surface area contributed by atoms with E-state index in [1.54, 1.807) is 6.21 Å². The third-order valence-electron chi connectivity index (χ3n) is 3.76. The molecule has 22 heavy (non-hydrogen) atoms. The summed E-state index contributed by atoms with van der Waals surface area (Å²) in [5.41, 5.74) is 6.37. The second-order valence-electron chi connectivity index (χ2n) is 5.56. The predicted octanol–water partition coefficient (Wildman–Crippen LogP) is 4.13. The maximum absolute atomic E-state index is 13.0. The van der Waals surface area contributed by atoms with Gasteiger partial charge in [0.1, 0.15) is 7.11 Å². The molecule has 0 spiro atoms. The smallest absolute Gasteiger partial charge is 0.194 e. The van der Waals surface area contributed by atoms with Gasteiger partial charge in [0.25, 0.3) is 0 Å². The van der Waals surface area contributed by atoms with Crippen molar-refractivity contribution in [3.8, 4) is 0 Å². The first-order valence-corrected chi connectivity index (χ1v) is 7.24. The summed E-state index contributed by atoms with van der Waals surface area (Å²) >= 11 is 0. The number of aryl methyl sites for hydroxylation is 4. The lowest BCUT2D eigenvalue weighted by Gasteiger charge is -2.13. The van der Waals surface area contributed by atoms with E-state index < -0.39 is 0 Å². The van der Waals surface area contributed by atoms with E-state index in [9.17, 15) is 4.79 Å². The minimum atomic E-state index is 0.0243. The Kier molecular flexibility index (Phi) is 4.76. The first-order chi connectivity index (χ1) is 10.5. The summed E-state index contributed by atoms with van der Waals surface area (Å²) in [6.07, 6.45) is 1.60. The first kappa shape index (κ1) is 16.0. The van der Waals surface area contributed by atoms with E-state index in [1.807, 2.05) is 58.0 Å². The van der Waals surface area contributed by atoms with Crippen LogP contribution in [0.15, 0.2) is 35.5 Å². The molecule has 0 aliphatic rings. The molecule has 0 aliphatic heterocycles. The van der Waals surface area contributed by atoms with Crippen LogP contribution in [0.3, 0.4) is 0 Å². The Hall–Kier alpha value is -2.42. The van der Waals surface area contributed by atoms with Gasteiger partial charge in [0, 0.05) is 16.7 Å². The van der Waals surface area contributed by atoms with Gasteiger partial charge in [-0.2, -0.15) is 0 Å². The van der Waals surface area contributed by atoms with Crippen LogP contribution in [0.2, 0.25) is 0 Å². The number of hydrogen-bond acceptors (Lipinski definition) is 3. The molecule has 0 aromatic heterocycles. The molecule has 0 atom stereocenters. The van der Waals surface area contributed by atoms with E-state index in [1.165, 1.54) is 7.11 Å². The van der Waals surface area contributed by atoms with Gasteiger partial charge in [0.05, 0.1) is 6.21 Å². The summed E-state index contributed by atoms with van der Waals surface area (Å²) in [7, 11) is 1.49. The molecule has 3 heteroatoms. The van der Waals surface area contributed by atoms with Gasteiger partial charge in [-0.1, -0.05) is 41.1 Å². The molecule has 2 aromatic carbocycles. The quantitative estimate of drug-likeness (QED) is 0.483. The van der Waals surface area contributed by atoms with Crippen molar-refractivity contribution in [1.82, 2.24) is 0 Å². The van der Waals surface area contributed by atoms with E-state index >= 15 is 0 Å². The van der Waals surface area contributed by atoms with Crippen molar-refractivity contribution in [3.05, 3.63) is 69.3 Å². The van der Waals surface area contributed by atoms with Crippen molar-refractivity contribution < 1.29 is 9.63 Å². The number of carbonyl (C=O) groups excluding carboxylic acids is 1. The Balaban J connectivity index is 2.60. The van der Waals surface area contributed by atoms with Crippen LogP contribution in [0, 0.1) is 27.7 Å². The largest absolute Gasteiger partial charge is 0.399 e. The molecule has 0 bridgehead atoms. The standard InChI is InChI=1S/C19H21NO2/c1-12-9-14(3)18(15(4)10-12)19(21)16-8-6-7-13(2)17(16)11-20-22-5/h6-11H,1-5H3/b20-11+. The molecule has 0 fully saturated rings. The zero-order chi connectivity index (χ0) is 16.3. The molecule has 0 saturated heterocycles. The minimum Gasteiger partial charge on any atom is -0.399 e. The number of nitrogens with zero attached hydrogens (tertiary/aromatic N) is 1. The molecule has 0 heterocycles. The highest BCUT2D eigenvalue weighted by Gasteiger charge is 2.18. The monoisotopic (exact) mass is 295 g/mol. The van der Waals surface area contributed by atoms with Gasteiger partial charge in [-0.25, -0.2) is 0 Å². The van der Waals surface area contributed by atoms with Gasteiger partial charge in [-0.05, 0) is 44.4 Å². The molecule has 0 unspecified atom stereocenters. The third-order valence-corrected chi connectivity index (χ3v) is 3.76. The van der Waals surface area contributed by atoms with E-state index in [0.29, 0.717) is 5.56 Å². The van der Waals surface area contributed by atoms with E-state index in [0.717, 1.165) is 33.4 Å². The molecule has 0 amide bonds. The number of rotatable bonds is 4. The fourth-order valence-electron chi connectivity index (χ4n) is 2.83. The first-order valence-electron chi connectivity index (χ1n) is 7.24. The highest BCUT2D eigenvalue weighted by Crippen LogP contribution is 2.23. The summed E-state index contributed by atoms with van der Waals surface area (Å²) in [6, 6.07) is 9.77. The lowest BCUT2D eigenvalue weighted by molar-refractivity contribution is 0.103. The number of ketones is 1. The number of benzene rings is 2. The highest BCUT2D eigenvalue weighted by atomic mass is 16.6. The summed E-state index contributed by atoms with van der Waals surface area (Å²) in [5, 5.41) is 3.82. The van der Waals surface area contributed by atoms with Gasteiger partial charge >= 0.3 is 0 Å². The van der Waals surface area contributed by atoms with Crippen LogP contribution < -0.4 is 0 Å². The van der Waals surface area contributed by atoms with Crippen LogP contribution in [0.4, 0.5) is 0 Å². The summed E-state index contributed by atoms with van der Waals surface area (Å²) in [6.45, 7) is 7.96. The molecule has 2 aromatic rings. The van der Waals surface area contributed by atoms with E-state index in [2.05, 4.69) is 5.16 Å². The Morgan fingerprint density at radius 1 is 1.05 bits per heavy atom. The van der Waals surface area contributed by atoms with Crippen molar-refractivity contribution in [2.24, 2.45) is 5.16 Å². The zero-order valence-corrected chi connectivity index (χ0v) is 13.7. The average molecular weight is 295 g/mol. The van der Waals surface area contributed by atoms with Crippen LogP contribution >= 0.6 is 0 Å². The zero-order valence-electron chi connectivity index (χ0n) is 13.7. The van der Waals surface area contributed by atoms with Gasteiger partial charge in [-0.3, -0.25) is 4.79 Å². The molecular weight excluding hydrogens is 274 g/mol. The normalized spacial score (nSPS) is 11.0. The minimum absolute atomic E-state index is 0.0243. The Bertz CT molecular complexity index is 722. The maximum Gasteiger partial charge on any atom is 0.194 e. The molecule has 0 N–H and O–H groups in total. The van der Waals surface area contributed by atoms with Crippen LogP contribution in [-0.2, 0) is 4.84 Å². The highest BCUT2D eigenvalue weighted by molar-refractivity contribution is 6.14. The number of oxime groups is 1. The second-order valence-corrected chi connectivity index (χ2v) is 5.56. The van der Waals surface area contributed by atoms with Crippen molar-refractivity contribution in [3.63, 3.8) is 0 Å². The Morgan fingerprint density at radius 3 is 2.27 bits per heavy atom. The van der Waals surface area contributed by atoms with Crippen molar-refractivity contribution >= 4 is 12.0 Å². The molecule has 0 radical (unpaired) electrons. The second kappa shape index (κ2) is 6.56. The predicted molar refractivity (Wildman–Crippen MR) is 89.9 cm³/mol. The summed E-state index contributed by atoms with van der Waals surface area (Å²) in [4.78, 5) is 17.8. The van der Waals surface area contributed by atoms with E-state index in [4.69, 9.17) is 4.84 Å². The van der Waals surface area contributed by atoms with Gasteiger partial charge in [-0.15, -0.1) is 0 Å². The Morgan fingerprint density at radius 2 is 1.68 bits per heavy atom. The fourth-order valence-corrected chi connectivity index (χ4v) is 2.83. The number of carbonyl (C=O) groups is 1. The summed E-state index contributed by atoms with van der Waals surface area (Å²) in [5.74, 6) is 0.0243. The van der Waals surface area contributed by atoms with Crippen LogP contribution in [0.5, 0.6) is 0 Å². The third kappa shape index (κ3) is 3.08. The lowest BCUT2D eigenvalue weighted by atomic mass is 9.90. The van der Waals surface area contributed by atoms with Gasteiger partial charge < -0.3 is 4.84 Å². The fraction of sp³-hybridized carbons (Fsp3) is 0.263. The number of hydrogen-bond donors (Lipinski definition) is 0. The maximum atomic E-state index is 13.0. The van der Waals surface area contributed by atoms with Gasteiger partial charge in [0.2, 0.25) is 0 Å². The van der Waals surface area contributed by atoms with Crippen LogP contribution in [-0.4, -0.2) is 19.1 Å². The molecule has 2 rings (SSSR count). The van der Waals surface area contributed by atoms with Crippen LogP contribution in [0.25, 0.3) is 0 Å². The van der Waals surface area contributed by atoms with Crippen molar-refractivity contribution in [1.29, 1.82) is 0 Å². The SMILES string of the molecule is CO/N=C/c1c(C)cccc1C(=O)c1c(C)cc(C)cc1C. The molecule has 0 aliphatic carbocycles. The van der Waals surface area contributed by atoms with Crippen molar-refractivity contribution in [2.75, 3.05) is 7.11 Å². The molecule has 114 valence electrons. The van der Waals surface area contributed by atoms with Crippen LogP contribution in [0.1, 0.15) is 43.7 Å². The molecule has 3 nitrogen and oxygen atoms in total. The summed E-state index contributed by atoms with van der Waals surface area (Å²) < 4.78 is 0.